The summed E-state index contributed by atoms with van der Waals surface area (Å²) in [6.07, 6.45) is -0.0736. The van der Waals surface area contributed by atoms with Crippen LogP contribution in [0.15, 0.2) is 78.9 Å². The van der Waals surface area contributed by atoms with Crippen molar-refractivity contribution in [2.45, 2.75) is 20.3 Å². The number of nitrogens with zero attached hydrogens (tertiary/aromatic N) is 1. The van der Waals surface area contributed by atoms with Gasteiger partial charge in [0.25, 0.3) is 0 Å². The topological polar surface area (TPSA) is 65.4 Å². The zero-order valence-electron chi connectivity index (χ0n) is 19.0. The Morgan fingerprint density at radius 2 is 1.41 bits per heavy atom. The van der Waals surface area contributed by atoms with E-state index in [0.717, 1.165) is 11.1 Å². The summed E-state index contributed by atoms with van der Waals surface area (Å²) >= 11 is 0. The smallest absolute Gasteiger partial charge is 0.311 e. The Kier molecular flexibility index (Phi) is 5.46. The van der Waals surface area contributed by atoms with Gasteiger partial charge in [-0.15, -0.1) is 0 Å². The molecule has 1 aliphatic carbocycles. The molecule has 0 saturated carbocycles. The number of benzene rings is 3. The summed E-state index contributed by atoms with van der Waals surface area (Å²) in [6, 6.07) is 24.0. The number of esters is 1. The quantitative estimate of drug-likeness (QED) is 0.340. The van der Waals surface area contributed by atoms with Gasteiger partial charge in [-0.05, 0) is 31.5 Å². The first-order chi connectivity index (χ1) is 16.5. The van der Waals surface area contributed by atoms with E-state index in [1.54, 1.807) is 35.8 Å². The second-order valence-electron chi connectivity index (χ2n) is 8.27. The maximum absolute atomic E-state index is 13.8. The average molecular weight is 450 g/mol. The lowest BCUT2D eigenvalue weighted by molar-refractivity contribution is -0.142. The zero-order chi connectivity index (χ0) is 23.8. The highest BCUT2D eigenvalue weighted by Gasteiger charge is 2.39. The maximum atomic E-state index is 13.8. The van der Waals surface area contributed by atoms with Crippen LogP contribution in [0.3, 0.4) is 0 Å². The fourth-order valence-electron chi connectivity index (χ4n) is 4.61. The molecule has 1 aliphatic rings. The Bertz CT molecular complexity index is 1430. The van der Waals surface area contributed by atoms with E-state index < -0.39 is 5.97 Å². The summed E-state index contributed by atoms with van der Waals surface area (Å²) in [4.78, 5) is 40.4. The van der Waals surface area contributed by atoms with Crippen LogP contribution >= 0.6 is 0 Å². The zero-order valence-corrected chi connectivity index (χ0v) is 19.0. The van der Waals surface area contributed by atoms with Gasteiger partial charge in [-0.1, -0.05) is 72.3 Å². The highest BCUT2D eigenvalue weighted by molar-refractivity contribution is 6.30. The van der Waals surface area contributed by atoms with Gasteiger partial charge in [0, 0.05) is 28.1 Å². The van der Waals surface area contributed by atoms with Gasteiger partial charge in [-0.2, -0.15) is 0 Å². The third-order valence-electron chi connectivity index (χ3n) is 6.10. The van der Waals surface area contributed by atoms with Crippen LogP contribution in [0.2, 0.25) is 0 Å². The summed E-state index contributed by atoms with van der Waals surface area (Å²) in [5.41, 5.74) is 5.06. The van der Waals surface area contributed by atoms with E-state index in [9.17, 15) is 14.4 Å². The number of aryl methyl sites for hydroxylation is 1. The summed E-state index contributed by atoms with van der Waals surface area (Å²) in [5.74, 6) is -0.876. The summed E-state index contributed by atoms with van der Waals surface area (Å²) in [6.45, 7) is 3.98. The first kappa shape index (κ1) is 21.6. The van der Waals surface area contributed by atoms with Gasteiger partial charge < -0.3 is 9.30 Å². The molecule has 5 nitrogen and oxygen atoms in total. The van der Waals surface area contributed by atoms with Gasteiger partial charge in [0.1, 0.15) is 5.69 Å². The molecular weight excluding hydrogens is 426 g/mol. The first-order valence-electron chi connectivity index (χ1n) is 11.2. The van der Waals surface area contributed by atoms with Gasteiger partial charge in [0.2, 0.25) is 5.78 Å². The molecule has 0 saturated heterocycles. The van der Waals surface area contributed by atoms with Crippen molar-refractivity contribution < 1.29 is 19.1 Å². The second-order valence-corrected chi connectivity index (χ2v) is 8.27. The predicted molar refractivity (Wildman–Crippen MR) is 130 cm³/mol. The number of carbonyl (C=O) groups is 3. The van der Waals surface area contributed by atoms with Crippen LogP contribution in [-0.4, -0.2) is 28.7 Å². The fourth-order valence-corrected chi connectivity index (χ4v) is 4.61. The summed E-state index contributed by atoms with van der Waals surface area (Å²) in [5, 5.41) is 0. The molecule has 5 heteroatoms. The third kappa shape index (κ3) is 3.46. The predicted octanol–water partition coefficient (Wildman–Crippen LogP) is 5.33. The Labute approximate surface area is 197 Å². The average Bonchev–Trinajstić information content (AvgIpc) is 3.18. The molecule has 0 aliphatic heterocycles. The molecule has 5 rings (SSSR count). The van der Waals surface area contributed by atoms with Crippen molar-refractivity contribution in [3.05, 3.63) is 113 Å². The van der Waals surface area contributed by atoms with Gasteiger partial charge in [0.15, 0.2) is 5.78 Å². The molecule has 0 spiro atoms. The van der Waals surface area contributed by atoms with Gasteiger partial charge >= 0.3 is 5.97 Å². The normalized spacial score (nSPS) is 12.3. The summed E-state index contributed by atoms with van der Waals surface area (Å²) < 4.78 is 7.04. The maximum Gasteiger partial charge on any atom is 0.311 e. The molecule has 1 aromatic heterocycles. The third-order valence-corrected chi connectivity index (χ3v) is 6.10. The van der Waals surface area contributed by atoms with E-state index in [4.69, 9.17) is 4.74 Å². The highest BCUT2D eigenvalue weighted by atomic mass is 16.5. The molecule has 0 fully saturated rings. The lowest BCUT2D eigenvalue weighted by Gasteiger charge is -2.18. The monoisotopic (exact) mass is 449 g/mol. The van der Waals surface area contributed by atoms with Crippen molar-refractivity contribution in [2.24, 2.45) is 0 Å². The summed E-state index contributed by atoms with van der Waals surface area (Å²) in [7, 11) is 0. The molecule has 0 unspecified atom stereocenters. The second kappa shape index (κ2) is 8.60. The Morgan fingerprint density at radius 3 is 2.06 bits per heavy atom. The van der Waals surface area contributed by atoms with Crippen molar-refractivity contribution in [2.75, 3.05) is 6.61 Å². The van der Waals surface area contributed by atoms with Crippen LogP contribution in [0.25, 0.3) is 16.8 Å². The molecule has 0 atom stereocenters. The molecule has 0 N–H and O–H groups in total. The molecule has 168 valence electrons. The Balaban J connectivity index is 1.89. The van der Waals surface area contributed by atoms with Crippen LogP contribution in [0.1, 0.15) is 50.2 Å². The lowest BCUT2D eigenvalue weighted by Crippen LogP contribution is -2.23. The number of ketones is 2. The number of carbonyl (C=O) groups excluding carboxylic acids is 3. The van der Waals surface area contributed by atoms with E-state index in [-0.39, 0.29) is 30.3 Å². The molecule has 0 radical (unpaired) electrons. The minimum Gasteiger partial charge on any atom is -0.466 e. The van der Waals surface area contributed by atoms with Crippen LogP contribution in [-0.2, 0) is 16.0 Å². The van der Waals surface area contributed by atoms with E-state index >= 15 is 0 Å². The number of ether oxygens (including phenoxy) is 1. The minimum absolute atomic E-state index is 0.0736. The fraction of sp³-hybridized carbons (Fsp3) is 0.138. The number of rotatable bonds is 5. The number of fused-ring (bicyclic) bond motifs is 2. The minimum atomic E-state index is -0.416. The van der Waals surface area contributed by atoms with Gasteiger partial charge in [-0.25, -0.2) is 0 Å². The number of aromatic nitrogens is 1. The molecule has 4 aromatic rings. The van der Waals surface area contributed by atoms with E-state index in [1.807, 2.05) is 61.5 Å². The SMILES string of the molecule is CCOC(=O)Cc1c(-c2ccccc2)c2c(n1-c1ccc(C)cc1)C(=O)c1ccccc1C2=O. The van der Waals surface area contributed by atoms with Crippen LogP contribution < -0.4 is 0 Å². The van der Waals surface area contributed by atoms with Crippen molar-refractivity contribution in [3.8, 4) is 16.8 Å². The van der Waals surface area contributed by atoms with Crippen LogP contribution in [0, 0.1) is 6.92 Å². The van der Waals surface area contributed by atoms with E-state index in [1.165, 1.54) is 0 Å². The molecule has 1 heterocycles. The van der Waals surface area contributed by atoms with Crippen LogP contribution in [0.4, 0.5) is 0 Å². The molecule has 0 bridgehead atoms. The van der Waals surface area contributed by atoms with Crippen molar-refractivity contribution in [1.29, 1.82) is 0 Å². The molecular formula is C29H23NO4. The van der Waals surface area contributed by atoms with Gasteiger partial charge in [-0.3, -0.25) is 14.4 Å². The molecule has 34 heavy (non-hydrogen) atoms. The largest absolute Gasteiger partial charge is 0.466 e. The van der Waals surface area contributed by atoms with Crippen molar-refractivity contribution >= 4 is 17.5 Å². The number of hydrogen-bond donors (Lipinski definition) is 0. The number of hydrogen-bond acceptors (Lipinski definition) is 4. The lowest BCUT2D eigenvalue weighted by atomic mass is 9.84. The molecule has 0 amide bonds. The first-order valence-corrected chi connectivity index (χ1v) is 11.2. The highest BCUT2D eigenvalue weighted by Crippen LogP contribution is 2.41. The molecule has 3 aromatic carbocycles. The van der Waals surface area contributed by atoms with Crippen molar-refractivity contribution in [1.82, 2.24) is 4.57 Å². The van der Waals surface area contributed by atoms with E-state index in [0.29, 0.717) is 33.6 Å². The van der Waals surface area contributed by atoms with Crippen LogP contribution in [0.5, 0.6) is 0 Å². The Morgan fingerprint density at radius 1 is 0.794 bits per heavy atom. The van der Waals surface area contributed by atoms with Crippen molar-refractivity contribution in [3.63, 3.8) is 0 Å². The standard InChI is InChI=1S/C29H23NO4/c1-3-34-24(31)17-23-25(19-9-5-4-6-10-19)26-27(30(23)20-15-13-18(2)14-16-20)29(33)22-12-8-7-11-21(22)28(26)32/h4-16H,3,17H2,1-2H3. The van der Waals surface area contributed by atoms with E-state index in [2.05, 4.69) is 0 Å². The van der Waals surface area contributed by atoms with Gasteiger partial charge in [0.05, 0.1) is 18.6 Å². The Hall–Kier alpha value is -4.25.